The van der Waals surface area contributed by atoms with E-state index in [1.807, 2.05) is 0 Å². The normalized spacial score (nSPS) is 37.8. The van der Waals surface area contributed by atoms with E-state index in [1.54, 1.807) is 7.11 Å². The summed E-state index contributed by atoms with van der Waals surface area (Å²) in [5.74, 6) is 0.471. The van der Waals surface area contributed by atoms with Crippen LogP contribution >= 0.6 is 0 Å². The second kappa shape index (κ2) is 8.88. The lowest BCUT2D eigenvalue weighted by Crippen LogP contribution is -2.34. The van der Waals surface area contributed by atoms with Crippen LogP contribution in [0.2, 0.25) is 0 Å². The van der Waals surface area contributed by atoms with Crippen LogP contribution in [-0.4, -0.2) is 37.5 Å². The molecular formula is C18H32O4. The smallest absolute Gasteiger partial charge is 0.308 e. The molecule has 0 radical (unpaired) electrons. The predicted octanol–water partition coefficient (Wildman–Crippen LogP) is 3.86. The summed E-state index contributed by atoms with van der Waals surface area (Å²) < 4.78 is 17.5. The quantitative estimate of drug-likeness (QED) is 0.742. The van der Waals surface area contributed by atoms with E-state index in [0.717, 1.165) is 51.4 Å². The van der Waals surface area contributed by atoms with Gasteiger partial charge < -0.3 is 14.2 Å². The molecule has 2 aliphatic rings. The molecule has 2 heterocycles. The van der Waals surface area contributed by atoms with Crippen molar-refractivity contribution >= 4 is 5.97 Å². The standard InChI is InChI=1S/C18H32O4/c1-4-6-14-11-17(20-3)10-13(2)9-15-7-5-8-16(21-15)12-18(19)22-14/h13-17H,4-12H2,1-3H3/t13-,14+,15+,16-,17+/m1/s1. The van der Waals surface area contributed by atoms with Gasteiger partial charge in [-0.05, 0) is 44.4 Å². The van der Waals surface area contributed by atoms with Crippen LogP contribution in [-0.2, 0) is 19.0 Å². The van der Waals surface area contributed by atoms with Gasteiger partial charge in [0.2, 0.25) is 0 Å². The van der Waals surface area contributed by atoms with Crippen molar-refractivity contribution in [2.75, 3.05) is 7.11 Å². The Morgan fingerprint density at radius 3 is 2.68 bits per heavy atom. The van der Waals surface area contributed by atoms with Gasteiger partial charge in [0.1, 0.15) is 6.10 Å². The number of methoxy groups -OCH3 is 1. The number of rotatable bonds is 3. The van der Waals surface area contributed by atoms with E-state index in [1.165, 1.54) is 0 Å². The third-order valence-electron chi connectivity index (χ3n) is 4.93. The maximum atomic E-state index is 12.2. The maximum Gasteiger partial charge on any atom is 0.308 e. The molecule has 0 unspecified atom stereocenters. The Hall–Kier alpha value is -0.610. The van der Waals surface area contributed by atoms with E-state index in [9.17, 15) is 4.79 Å². The summed E-state index contributed by atoms with van der Waals surface area (Å²) in [6, 6.07) is 0. The van der Waals surface area contributed by atoms with Gasteiger partial charge in [-0.3, -0.25) is 4.79 Å². The molecule has 2 bridgehead atoms. The van der Waals surface area contributed by atoms with Gasteiger partial charge in [-0.2, -0.15) is 0 Å². The van der Waals surface area contributed by atoms with Gasteiger partial charge in [0, 0.05) is 13.5 Å². The minimum atomic E-state index is -0.104. The first-order valence-electron chi connectivity index (χ1n) is 8.98. The van der Waals surface area contributed by atoms with Gasteiger partial charge in [-0.15, -0.1) is 0 Å². The van der Waals surface area contributed by atoms with Crippen LogP contribution in [0.15, 0.2) is 0 Å². The van der Waals surface area contributed by atoms with Crippen LogP contribution in [0.1, 0.15) is 71.6 Å². The van der Waals surface area contributed by atoms with Gasteiger partial charge in [0.25, 0.3) is 0 Å². The largest absolute Gasteiger partial charge is 0.462 e. The fourth-order valence-corrected chi connectivity index (χ4v) is 3.85. The van der Waals surface area contributed by atoms with E-state index in [2.05, 4.69) is 13.8 Å². The Balaban J connectivity index is 2.05. The summed E-state index contributed by atoms with van der Waals surface area (Å²) in [5.41, 5.74) is 0. The van der Waals surface area contributed by atoms with Crippen LogP contribution in [0.5, 0.6) is 0 Å². The van der Waals surface area contributed by atoms with Crippen molar-refractivity contribution in [3.8, 4) is 0 Å². The number of fused-ring (bicyclic) bond motifs is 2. The van der Waals surface area contributed by atoms with E-state index in [4.69, 9.17) is 14.2 Å². The van der Waals surface area contributed by atoms with Crippen LogP contribution in [0.3, 0.4) is 0 Å². The molecule has 0 aromatic heterocycles. The van der Waals surface area contributed by atoms with E-state index in [0.29, 0.717) is 18.4 Å². The van der Waals surface area contributed by atoms with Crippen LogP contribution in [0.4, 0.5) is 0 Å². The number of ether oxygens (including phenoxy) is 3. The van der Waals surface area contributed by atoms with Crippen molar-refractivity contribution in [3.05, 3.63) is 0 Å². The van der Waals surface area contributed by atoms with E-state index < -0.39 is 0 Å². The van der Waals surface area contributed by atoms with Crippen molar-refractivity contribution in [3.63, 3.8) is 0 Å². The van der Waals surface area contributed by atoms with Crippen molar-refractivity contribution in [2.24, 2.45) is 5.92 Å². The van der Waals surface area contributed by atoms with E-state index >= 15 is 0 Å². The zero-order chi connectivity index (χ0) is 15.9. The lowest BCUT2D eigenvalue weighted by molar-refractivity contribution is -0.158. The molecule has 0 N–H and O–H groups in total. The highest BCUT2D eigenvalue weighted by molar-refractivity contribution is 5.70. The van der Waals surface area contributed by atoms with Crippen molar-refractivity contribution in [2.45, 2.75) is 96.1 Å². The SMILES string of the molecule is CCC[C@H]1C[C@@H](OC)C[C@H](C)C[C@@H]2CCC[C@H](CC(=O)O1)O2. The van der Waals surface area contributed by atoms with Crippen LogP contribution in [0, 0.1) is 5.92 Å². The van der Waals surface area contributed by atoms with Gasteiger partial charge in [-0.1, -0.05) is 20.3 Å². The topological polar surface area (TPSA) is 44.8 Å². The lowest BCUT2D eigenvalue weighted by atomic mass is 9.90. The second-order valence-electron chi connectivity index (χ2n) is 7.09. The Bertz CT molecular complexity index is 344. The van der Waals surface area contributed by atoms with Crippen LogP contribution in [0.25, 0.3) is 0 Å². The third-order valence-corrected chi connectivity index (χ3v) is 4.93. The molecule has 22 heavy (non-hydrogen) atoms. The molecule has 0 saturated carbocycles. The number of hydrogen-bond acceptors (Lipinski definition) is 4. The zero-order valence-electron chi connectivity index (χ0n) is 14.4. The molecule has 2 rings (SSSR count). The van der Waals surface area contributed by atoms with Crippen molar-refractivity contribution < 1.29 is 19.0 Å². The molecule has 2 aliphatic heterocycles. The second-order valence-corrected chi connectivity index (χ2v) is 7.09. The van der Waals surface area contributed by atoms with Gasteiger partial charge >= 0.3 is 5.97 Å². The Labute approximate surface area is 134 Å². The molecule has 4 nitrogen and oxygen atoms in total. The highest BCUT2D eigenvalue weighted by atomic mass is 16.6. The summed E-state index contributed by atoms with van der Waals surface area (Å²) in [4.78, 5) is 12.2. The summed E-state index contributed by atoms with van der Waals surface area (Å²) in [6.45, 7) is 4.41. The molecule has 0 aromatic carbocycles. The van der Waals surface area contributed by atoms with Gasteiger partial charge in [0.05, 0.1) is 24.7 Å². The first-order chi connectivity index (χ1) is 10.6. The molecule has 0 spiro atoms. The number of esters is 1. The first-order valence-corrected chi connectivity index (χ1v) is 8.98. The Morgan fingerprint density at radius 2 is 1.95 bits per heavy atom. The Kier molecular flexibility index (Phi) is 7.16. The molecule has 0 amide bonds. The minimum Gasteiger partial charge on any atom is -0.462 e. The molecule has 0 aromatic rings. The average Bonchev–Trinajstić information content (AvgIpc) is 2.45. The fraction of sp³-hybridized carbons (Fsp3) is 0.944. The van der Waals surface area contributed by atoms with Crippen molar-refractivity contribution in [1.29, 1.82) is 0 Å². The monoisotopic (exact) mass is 312 g/mol. The molecule has 128 valence electrons. The minimum absolute atomic E-state index is 0.0199. The summed E-state index contributed by atoms with van der Waals surface area (Å²) in [7, 11) is 1.77. The van der Waals surface area contributed by atoms with Gasteiger partial charge in [0.15, 0.2) is 0 Å². The number of cyclic esters (lactones) is 1. The molecule has 2 saturated heterocycles. The molecule has 4 heteroatoms. The maximum absolute atomic E-state index is 12.2. The molecule has 0 aliphatic carbocycles. The summed E-state index contributed by atoms with van der Waals surface area (Å²) >= 11 is 0. The molecule has 2 fully saturated rings. The third kappa shape index (κ3) is 5.54. The Morgan fingerprint density at radius 1 is 1.18 bits per heavy atom. The highest BCUT2D eigenvalue weighted by Crippen LogP contribution is 2.29. The zero-order valence-corrected chi connectivity index (χ0v) is 14.4. The fourth-order valence-electron chi connectivity index (χ4n) is 3.85. The average molecular weight is 312 g/mol. The van der Waals surface area contributed by atoms with Crippen molar-refractivity contribution in [1.82, 2.24) is 0 Å². The highest BCUT2D eigenvalue weighted by Gasteiger charge is 2.30. The molecule has 5 atom stereocenters. The van der Waals surface area contributed by atoms with Crippen LogP contribution < -0.4 is 0 Å². The first kappa shape index (κ1) is 17.7. The van der Waals surface area contributed by atoms with Gasteiger partial charge in [-0.25, -0.2) is 0 Å². The molecular weight excluding hydrogens is 280 g/mol. The number of carbonyl (C=O) groups is 1. The predicted molar refractivity (Wildman–Crippen MR) is 85.7 cm³/mol. The lowest BCUT2D eigenvalue weighted by Gasteiger charge is -2.33. The number of hydrogen-bond donors (Lipinski definition) is 0. The summed E-state index contributed by atoms with van der Waals surface area (Å²) in [5, 5.41) is 0. The summed E-state index contributed by atoms with van der Waals surface area (Å²) in [6.07, 6.45) is 8.99. The van der Waals surface area contributed by atoms with E-state index in [-0.39, 0.29) is 24.3 Å². The number of carbonyl (C=O) groups excluding carboxylic acids is 1.